The Bertz CT molecular complexity index is 1010. The number of Topliss-reactive ketones (excluding diaryl/α,β-unsaturated/α-hetero) is 1. The lowest BCUT2D eigenvalue weighted by Gasteiger charge is -2.30. The number of carboxylic acid groups (broad SMARTS) is 1. The molecule has 242 valence electrons. The number of aliphatic hydroxyl groups is 2. The Morgan fingerprint density at radius 2 is 1.53 bits per heavy atom. The second kappa shape index (κ2) is 21.4. The minimum absolute atomic E-state index is 0.00808. The number of hydrogen-bond donors (Lipinski definition) is 5. The van der Waals surface area contributed by atoms with E-state index in [1.807, 2.05) is 0 Å². The fourth-order valence-electron chi connectivity index (χ4n) is 4.82. The van der Waals surface area contributed by atoms with Crippen LogP contribution in [-0.4, -0.2) is 68.9 Å². The number of phenolic OH excluding ortho intramolecular Hbond substituents is 1. The maximum absolute atomic E-state index is 13.4. The summed E-state index contributed by atoms with van der Waals surface area (Å²) in [7, 11) is 0. The topological polar surface area (TPSA) is 170 Å². The molecule has 1 rings (SSSR count). The van der Waals surface area contributed by atoms with E-state index < -0.39 is 48.4 Å². The van der Waals surface area contributed by atoms with Crippen molar-refractivity contribution in [2.75, 3.05) is 13.2 Å². The number of rotatable bonds is 24. The molecule has 43 heavy (non-hydrogen) atoms. The number of ketones is 1. The number of aliphatic carboxylic acids is 1. The van der Waals surface area contributed by atoms with Crippen LogP contribution < -0.4 is 5.32 Å². The zero-order valence-electron chi connectivity index (χ0n) is 25.8. The number of allylic oxidation sites excluding steroid dienone is 1. The summed E-state index contributed by atoms with van der Waals surface area (Å²) < 4.78 is 5.09. The average molecular weight is 606 g/mol. The fourth-order valence-corrected chi connectivity index (χ4v) is 4.82. The van der Waals surface area contributed by atoms with Gasteiger partial charge in [0.05, 0.1) is 12.5 Å². The number of carboxylic acids is 1. The summed E-state index contributed by atoms with van der Waals surface area (Å²) in [6, 6.07) is 4.84. The van der Waals surface area contributed by atoms with Gasteiger partial charge in [-0.15, -0.1) is 0 Å². The molecule has 0 heterocycles. The summed E-state index contributed by atoms with van der Waals surface area (Å²) in [5.74, 6) is -4.57. The smallest absolute Gasteiger partial charge is 0.336 e. The van der Waals surface area contributed by atoms with Crippen molar-refractivity contribution in [3.8, 4) is 5.75 Å². The summed E-state index contributed by atoms with van der Waals surface area (Å²) in [4.78, 5) is 50.1. The van der Waals surface area contributed by atoms with E-state index in [2.05, 4.69) is 12.2 Å². The fraction of sp³-hybridized carbons (Fsp3) is 0.636. The lowest BCUT2D eigenvalue weighted by Crippen LogP contribution is -2.55. The maximum Gasteiger partial charge on any atom is 0.336 e. The van der Waals surface area contributed by atoms with Gasteiger partial charge in [-0.1, -0.05) is 69.7 Å². The van der Waals surface area contributed by atoms with Crippen molar-refractivity contribution in [1.29, 1.82) is 0 Å². The normalized spacial score (nSPS) is 14.1. The molecule has 0 aliphatic rings. The molecule has 0 aromatic heterocycles. The monoisotopic (exact) mass is 605 g/mol. The number of aliphatic hydroxyl groups excluding tert-OH is 1. The number of phenols is 1. The lowest BCUT2D eigenvalue weighted by molar-refractivity contribution is -0.168. The van der Waals surface area contributed by atoms with E-state index in [0.717, 1.165) is 38.5 Å². The van der Waals surface area contributed by atoms with Gasteiger partial charge in [-0.2, -0.15) is 0 Å². The number of unbranched alkanes of at least 4 members (excludes halogenated alkanes) is 8. The van der Waals surface area contributed by atoms with Crippen LogP contribution in [0.3, 0.4) is 0 Å². The second-order valence-electron chi connectivity index (χ2n) is 10.9. The van der Waals surface area contributed by atoms with Crippen LogP contribution in [0.15, 0.2) is 36.4 Å². The first-order valence-corrected chi connectivity index (χ1v) is 15.6. The van der Waals surface area contributed by atoms with Crippen molar-refractivity contribution in [2.45, 2.75) is 115 Å². The van der Waals surface area contributed by atoms with E-state index in [-0.39, 0.29) is 18.8 Å². The molecule has 1 aromatic carbocycles. The van der Waals surface area contributed by atoms with Crippen molar-refractivity contribution in [3.63, 3.8) is 0 Å². The second-order valence-corrected chi connectivity index (χ2v) is 10.9. The molecule has 1 aromatic rings. The Morgan fingerprint density at radius 1 is 0.930 bits per heavy atom. The van der Waals surface area contributed by atoms with Gasteiger partial charge in [-0.05, 0) is 50.3 Å². The van der Waals surface area contributed by atoms with Gasteiger partial charge >= 0.3 is 11.9 Å². The third-order valence-electron chi connectivity index (χ3n) is 7.39. The van der Waals surface area contributed by atoms with Gasteiger partial charge in [0.1, 0.15) is 17.6 Å². The quantitative estimate of drug-likeness (QED) is 0.0641. The van der Waals surface area contributed by atoms with Gasteiger partial charge in [-0.25, -0.2) is 9.59 Å². The van der Waals surface area contributed by atoms with E-state index in [1.165, 1.54) is 37.5 Å². The van der Waals surface area contributed by atoms with Crippen LogP contribution in [0.1, 0.15) is 103 Å². The first-order chi connectivity index (χ1) is 20.6. The summed E-state index contributed by atoms with van der Waals surface area (Å²) in [6.07, 6.45) is 13.0. The van der Waals surface area contributed by atoms with Crippen LogP contribution in [0, 0.1) is 5.92 Å². The number of benzene rings is 1. The Labute approximate surface area is 255 Å². The van der Waals surface area contributed by atoms with Crippen LogP contribution in [0.4, 0.5) is 0 Å². The third kappa shape index (κ3) is 14.7. The molecule has 0 spiro atoms. The van der Waals surface area contributed by atoms with E-state index >= 15 is 0 Å². The Balaban J connectivity index is 2.80. The minimum atomic E-state index is -2.61. The highest BCUT2D eigenvalue weighted by Gasteiger charge is 2.47. The van der Waals surface area contributed by atoms with Crippen LogP contribution in [0.5, 0.6) is 5.75 Å². The summed E-state index contributed by atoms with van der Waals surface area (Å²) in [5.41, 5.74) is -2.00. The average Bonchev–Trinajstić information content (AvgIpc) is 2.97. The van der Waals surface area contributed by atoms with Gasteiger partial charge in [0.15, 0.2) is 5.60 Å². The van der Waals surface area contributed by atoms with E-state index in [4.69, 9.17) is 4.74 Å². The number of hydrogen-bond acceptors (Lipinski definition) is 8. The predicted octanol–water partition coefficient (Wildman–Crippen LogP) is 4.62. The first-order valence-electron chi connectivity index (χ1n) is 15.6. The molecule has 0 radical (unpaired) electrons. The number of carbonyl (C=O) groups excluding carboxylic acids is 3. The highest BCUT2D eigenvalue weighted by Crippen LogP contribution is 2.25. The largest absolute Gasteiger partial charge is 0.508 e. The Hall–Kier alpha value is -3.24. The number of nitrogens with one attached hydrogen (secondary N) is 1. The molecule has 3 atom stereocenters. The molecule has 5 N–H and O–H groups in total. The number of aromatic hydroxyl groups is 1. The highest BCUT2D eigenvalue weighted by molar-refractivity contribution is 5.92. The number of carbonyl (C=O) groups is 4. The molecule has 0 bridgehead atoms. The Morgan fingerprint density at radius 3 is 2.09 bits per heavy atom. The van der Waals surface area contributed by atoms with Gasteiger partial charge < -0.3 is 30.5 Å². The van der Waals surface area contributed by atoms with Crippen molar-refractivity contribution in [2.24, 2.45) is 5.92 Å². The third-order valence-corrected chi connectivity index (χ3v) is 7.39. The van der Waals surface area contributed by atoms with Crippen LogP contribution in [-0.2, 0) is 30.3 Å². The van der Waals surface area contributed by atoms with Crippen LogP contribution >= 0.6 is 0 Å². The van der Waals surface area contributed by atoms with E-state index in [9.17, 15) is 39.6 Å². The molecule has 0 aliphatic heterocycles. The van der Waals surface area contributed by atoms with E-state index in [0.29, 0.717) is 30.6 Å². The van der Waals surface area contributed by atoms with Gasteiger partial charge in [0.25, 0.3) is 0 Å². The predicted molar refractivity (Wildman–Crippen MR) is 163 cm³/mol. The molecule has 0 aliphatic carbocycles. The van der Waals surface area contributed by atoms with Crippen LogP contribution in [0.2, 0.25) is 0 Å². The zero-order chi connectivity index (χ0) is 32.1. The molecular formula is C33H51NO9. The molecule has 0 saturated heterocycles. The summed E-state index contributed by atoms with van der Waals surface area (Å²) in [5, 5.41) is 42.3. The molecule has 10 nitrogen and oxygen atoms in total. The minimum Gasteiger partial charge on any atom is -0.508 e. The number of amides is 1. The Kier molecular flexibility index (Phi) is 18.8. The van der Waals surface area contributed by atoms with Crippen LogP contribution in [0.25, 0.3) is 0 Å². The zero-order valence-corrected chi connectivity index (χ0v) is 25.8. The highest BCUT2D eigenvalue weighted by atomic mass is 16.5. The SMILES string of the molecule is CCCCCCCC(=O)CCCCCC/C=C/[C@H](C(=O)N[C@@H](Cc1ccc(O)cc1)C(=O)OCC)[C@@](O)(CCO)C(=O)O. The molecule has 10 heteroatoms. The number of esters is 1. The summed E-state index contributed by atoms with van der Waals surface area (Å²) in [6.45, 7) is 3.16. The molecule has 0 unspecified atom stereocenters. The van der Waals surface area contributed by atoms with Gasteiger partial charge in [0, 0.05) is 32.3 Å². The molecule has 0 fully saturated rings. The standard InChI is InChI=1S/C33H51NO9/c1-3-5-6-9-12-15-26(36)16-13-10-7-8-11-14-17-28(33(42,22-23-35)32(40)41)30(38)34-29(31(39)43-4-2)24-25-18-20-27(37)21-19-25/h14,17-21,28-29,35,37,42H,3-13,15-16,22-24H2,1-2H3,(H,34,38)(H,40,41)/b17-14+/t28-,29+,33+/m1/s1. The van der Waals surface area contributed by atoms with Crippen molar-refractivity contribution >= 4 is 23.6 Å². The first kappa shape index (κ1) is 37.8. The number of ether oxygens (including phenoxy) is 1. The van der Waals surface area contributed by atoms with Gasteiger partial charge in [0.2, 0.25) is 5.91 Å². The lowest BCUT2D eigenvalue weighted by atomic mass is 9.83. The molecule has 1 amide bonds. The molecular weight excluding hydrogens is 554 g/mol. The van der Waals surface area contributed by atoms with Crippen molar-refractivity contribution in [3.05, 3.63) is 42.0 Å². The summed E-state index contributed by atoms with van der Waals surface area (Å²) >= 11 is 0. The maximum atomic E-state index is 13.4. The van der Waals surface area contributed by atoms with Crippen molar-refractivity contribution in [1.82, 2.24) is 5.32 Å². The van der Waals surface area contributed by atoms with Crippen molar-refractivity contribution < 1.29 is 44.3 Å². The van der Waals surface area contributed by atoms with Gasteiger partial charge in [-0.3, -0.25) is 9.59 Å². The molecule has 0 saturated carbocycles. The van der Waals surface area contributed by atoms with E-state index in [1.54, 1.807) is 25.1 Å².